The highest BCUT2D eigenvalue weighted by Crippen LogP contribution is 2.25. The Labute approximate surface area is 151 Å². The van der Waals surface area contributed by atoms with E-state index in [9.17, 15) is 9.59 Å². The molecule has 6 heteroatoms. The van der Waals surface area contributed by atoms with Crippen molar-refractivity contribution in [1.82, 2.24) is 9.66 Å². The Morgan fingerprint density at radius 1 is 1.12 bits per heavy atom. The van der Waals surface area contributed by atoms with E-state index in [-0.39, 0.29) is 12.5 Å². The first-order valence-corrected chi connectivity index (χ1v) is 8.28. The van der Waals surface area contributed by atoms with Crippen molar-refractivity contribution >= 4 is 11.9 Å². The van der Waals surface area contributed by atoms with E-state index in [1.54, 1.807) is 49.1 Å². The zero-order valence-electron chi connectivity index (χ0n) is 14.6. The molecule has 0 aliphatic heterocycles. The molecule has 1 amide bonds. The maximum atomic E-state index is 12.6. The van der Waals surface area contributed by atoms with E-state index in [0.717, 1.165) is 5.56 Å². The summed E-state index contributed by atoms with van der Waals surface area (Å²) in [6.45, 7) is 3.81. The fraction of sp³-hybridized carbons (Fsp3) is 0.150. The van der Waals surface area contributed by atoms with Crippen molar-refractivity contribution in [3.8, 4) is 11.3 Å². The molecule has 0 saturated carbocycles. The van der Waals surface area contributed by atoms with Crippen molar-refractivity contribution in [3.05, 3.63) is 77.7 Å². The highest BCUT2D eigenvalue weighted by atomic mass is 16.5. The lowest BCUT2D eigenvalue weighted by Gasteiger charge is -2.13. The van der Waals surface area contributed by atoms with Gasteiger partial charge < -0.3 is 4.74 Å². The van der Waals surface area contributed by atoms with Crippen LogP contribution in [0.1, 0.15) is 33.3 Å². The number of rotatable bonds is 5. The molecule has 0 unspecified atom stereocenters. The summed E-state index contributed by atoms with van der Waals surface area (Å²) in [4.78, 5) is 28.8. The summed E-state index contributed by atoms with van der Waals surface area (Å²) in [5, 5.41) is 0. The van der Waals surface area contributed by atoms with Crippen molar-refractivity contribution < 1.29 is 14.3 Å². The molecule has 1 N–H and O–H groups in total. The minimum Gasteiger partial charge on any atom is -0.462 e. The summed E-state index contributed by atoms with van der Waals surface area (Å²) in [6, 6.07) is 14.5. The molecule has 2 aromatic heterocycles. The Kier molecular flexibility index (Phi) is 5.12. The molecule has 132 valence electrons. The van der Waals surface area contributed by atoms with Crippen molar-refractivity contribution in [1.29, 1.82) is 0 Å². The number of benzene rings is 1. The van der Waals surface area contributed by atoms with Crippen molar-refractivity contribution in [2.75, 3.05) is 12.0 Å². The second-order valence-electron chi connectivity index (χ2n) is 5.63. The van der Waals surface area contributed by atoms with Gasteiger partial charge in [-0.2, -0.15) is 0 Å². The van der Waals surface area contributed by atoms with Crippen LogP contribution in [-0.2, 0) is 4.74 Å². The maximum Gasteiger partial charge on any atom is 0.340 e. The van der Waals surface area contributed by atoms with Gasteiger partial charge in [-0.05, 0) is 32.0 Å². The summed E-state index contributed by atoms with van der Waals surface area (Å²) in [5.41, 5.74) is 5.93. The van der Waals surface area contributed by atoms with E-state index in [4.69, 9.17) is 4.74 Å². The molecule has 3 rings (SSSR count). The number of amides is 1. The number of hydrogen-bond donors (Lipinski definition) is 1. The molecule has 0 saturated heterocycles. The molecule has 26 heavy (non-hydrogen) atoms. The van der Waals surface area contributed by atoms with E-state index in [2.05, 4.69) is 10.4 Å². The van der Waals surface area contributed by atoms with Gasteiger partial charge >= 0.3 is 5.97 Å². The lowest BCUT2D eigenvalue weighted by Crippen LogP contribution is -2.25. The fourth-order valence-corrected chi connectivity index (χ4v) is 2.66. The lowest BCUT2D eigenvalue weighted by atomic mass is 10.1. The van der Waals surface area contributed by atoms with Crippen LogP contribution < -0.4 is 5.43 Å². The number of hydrogen-bond acceptors (Lipinski definition) is 4. The highest BCUT2D eigenvalue weighted by molar-refractivity contribution is 6.01. The van der Waals surface area contributed by atoms with Gasteiger partial charge in [0.05, 0.1) is 23.6 Å². The van der Waals surface area contributed by atoms with Gasteiger partial charge in [-0.1, -0.05) is 30.3 Å². The van der Waals surface area contributed by atoms with Crippen LogP contribution in [0.15, 0.2) is 60.9 Å². The molecule has 0 aliphatic rings. The average molecular weight is 349 g/mol. The van der Waals surface area contributed by atoms with Crippen LogP contribution in [0.4, 0.5) is 0 Å². The molecule has 0 fully saturated rings. The van der Waals surface area contributed by atoms with Gasteiger partial charge in [0, 0.05) is 23.5 Å². The monoisotopic (exact) mass is 349 g/mol. The molecule has 0 spiro atoms. The topological polar surface area (TPSA) is 73.2 Å². The summed E-state index contributed by atoms with van der Waals surface area (Å²) >= 11 is 0. The number of nitrogens with one attached hydrogen (secondary N) is 1. The first kappa shape index (κ1) is 17.4. The van der Waals surface area contributed by atoms with Crippen molar-refractivity contribution in [3.63, 3.8) is 0 Å². The summed E-state index contributed by atoms with van der Waals surface area (Å²) < 4.78 is 6.74. The van der Waals surface area contributed by atoms with Gasteiger partial charge in [-0.25, -0.2) is 4.79 Å². The van der Waals surface area contributed by atoms with Crippen molar-refractivity contribution in [2.45, 2.75) is 13.8 Å². The Balaban J connectivity index is 2.04. The first-order valence-electron chi connectivity index (χ1n) is 8.28. The van der Waals surface area contributed by atoms with E-state index in [1.807, 2.05) is 30.3 Å². The molecule has 6 nitrogen and oxygen atoms in total. The first-order chi connectivity index (χ1) is 12.6. The van der Waals surface area contributed by atoms with E-state index >= 15 is 0 Å². The molecule has 1 aromatic carbocycles. The summed E-state index contributed by atoms with van der Waals surface area (Å²) in [5.74, 6) is -0.710. The van der Waals surface area contributed by atoms with Crippen molar-refractivity contribution in [2.24, 2.45) is 0 Å². The second kappa shape index (κ2) is 7.65. The SMILES string of the molecule is CCOC(=O)c1cc(-c2ccccc2)n(NC(=O)c2ccncc2)c1C. The molecule has 0 aliphatic carbocycles. The van der Waals surface area contributed by atoms with E-state index in [0.29, 0.717) is 22.5 Å². The predicted octanol–water partition coefficient (Wildman–Crippen LogP) is 3.42. The molecular formula is C20H19N3O3. The number of pyridine rings is 1. The van der Waals surface area contributed by atoms with E-state index < -0.39 is 5.97 Å². The molecule has 0 atom stereocenters. The average Bonchev–Trinajstić information content (AvgIpc) is 3.00. The molecule has 3 aromatic rings. The van der Waals surface area contributed by atoms with Gasteiger partial charge in [0.1, 0.15) is 0 Å². The highest BCUT2D eigenvalue weighted by Gasteiger charge is 2.21. The standard InChI is InChI=1S/C20H19N3O3/c1-3-26-20(25)17-13-18(15-7-5-4-6-8-15)23(14(17)2)22-19(24)16-9-11-21-12-10-16/h4-13H,3H2,1-2H3,(H,22,24). The van der Waals surface area contributed by atoms with Gasteiger partial charge in [0.2, 0.25) is 0 Å². The molecule has 0 bridgehead atoms. The van der Waals surface area contributed by atoms with Gasteiger partial charge in [0.25, 0.3) is 5.91 Å². The second-order valence-corrected chi connectivity index (χ2v) is 5.63. The zero-order valence-corrected chi connectivity index (χ0v) is 14.6. The minimum absolute atomic E-state index is 0.285. The third-order valence-corrected chi connectivity index (χ3v) is 3.97. The van der Waals surface area contributed by atoms with Crippen LogP contribution in [0.2, 0.25) is 0 Å². The van der Waals surface area contributed by atoms with Gasteiger partial charge in [0.15, 0.2) is 0 Å². The van der Waals surface area contributed by atoms with Crippen LogP contribution in [0, 0.1) is 6.92 Å². The number of esters is 1. The Hall–Kier alpha value is -3.41. The van der Waals surface area contributed by atoms with Crippen LogP contribution in [0.25, 0.3) is 11.3 Å². The largest absolute Gasteiger partial charge is 0.462 e. The fourth-order valence-electron chi connectivity index (χ4n) is 2.66. The predicted molar refractivity (Wildman–Crippen MR) is 98.5 cm³/mol. The van der Waals surface area contributed by atoms with Crippen LogP contribution >= 0.6 is 0 Å². The number of nitrogens with zero attached hydrogens (tertiary/aromatic N) is 2. The minimum atomic E-state index is -0.418. The Morgan fingerprint density at radius 2 is 1.81 bits per heavy atom. The summed E-state index contributed by atoms with van der Waals surface area (Å²) in [6.07, 6.45) is 3.11. The Morgan fingerprint density at radius 3 is 2.46 bits per heavy atom. The van der Waals surface area contributed by atoms with Crippen LogP contribution in [0.3, 0.4) is 0 Å². The number of aromatic nitrogens is 2. The normalized spacial score (nSPS) is 10.4. The quantitative estimate of drug-likeness (QED) is 0.716. The smallest absolute Gasteiger partial charge is 0.340 e. The number of ether oxygens (including phenoxy) is 1. The van der Waals surface area contributed by atoms with E-state index in [1.165, 1.54) is 0 Å². The molecule has 2 heterocycles. The summed E-state index contributed by atoms with van der Waals surface area (Å²) in [7, 11) is 0. The van der Waals surface area contributed by atoms with Gasteiger partial charge in [-0.3, -0.25) is 19.9 Å². The maximum absolute atomic E-state index is 12.6. The molecular weight excluding hydrogens is 330 g/mol. The zero-order chi connectivity index (χ0) is 18.5. The van der Waals surface area contributed by atoms with Gasteiger partial charge in [-0.15, -0.1) is 0 Å². The van der Waals surface area contributed by atoms with Crippen LogP contribution in [-0.4, -0.2) is 28.1 Å². The third-order valence-electron chi connectivity index (χ3n) is 3.97. The number of carbonyl (C=O) groups is 2. The number of carbonyl (C=O) groups excluding carboxylic acids is 2. The molecule has 0 radical (unpaired) electrons. The van der Waals surface area contributed by atoms with Crippen LogP contribution in [0.5, 0.6) is 0 Å². The third kappa shape index (κ3) is 3.49. The Bertz CT molecular complexity index is 918. The lowest BCUT2D eigenvalue weighted by molar-refractivity contribution is 0.0525.